The average Bonchev–Trinajstić information content (AvgIpc) is 1.44. The first-order valence-corrected chi connectivity index (χ1v) is 44.5. The van der Waals surface area contributed by atoms with Gasteiger partial charge >= 0.3 is 30.9 Å². The third kappa shape index (κ3) is 24.8. The lowest BCUT2D eigenvalue weighted by Gasteiger charge is -2.09. The zero-order chi connectivity index (χ0) is 103. The number of anilines is 5. The Kier molecular flexibility index (Phi) is 30.3. The molecule has 0 aliphatic heterocycles. The van der Waals surface area contributed by atoms with Crippen LogP contribution in [0.5, 0.6) is 0 Å². The zero-order valence-corrected chi connectivity index (χ0v) is 77.0. The standard InChI is InChI=1S/2C22H15ClF3N3O.C21H13F6N3O2.C20H14F3N5O.C20H17N3O2/c23-18-7-3-1-5-16(18)21(30)27-20-17-6-2-4-8-19(17)29(28-20)13-14-9-11-15(12-10-14)22(24,25)26;23-17-11-7-15(8-12-17)21(30)27-20-18-3-1-2-4-19(18)29(28-20)13-14-5-9-16(10-6-14)22(24,25)26;22-20(23,24)14-3-1-12(2-4-14)10-30-17-9-15(21(25,26)27)5-6-16(17)18(29-30)28-19(31)13-7-8-32-11-13;21-20(22,23)15-7-5-13(6-8-15)11-28-17-4-2-1-3-16(17)18(27-28)26-19(29)14-9-24-12-25-10-14;1-14-6-2-3-7-15(14)12-23-18-9-5-4-8-17(18)19(22-23)21-20(24)16-10-11-25-13-16/h2*1-12H,13H2,(H,27,28,30);1-9,11H,10H2,(H,28,29,31);1-10,12H,11H2,(H,26,27,29);2-11,13H,12H2,1H3,(H,21,22,24). The molecule has 5 N–H and O–H groups in total. The maximum atomic E-state index is 13.2. The highest BCUT2D eigenvalue weighted by Crippen LogP contribution is 2.39. The van der Waals surface area contributed by atoms with Gasteiger partial charge in [-0.25, -0.2) is 9.97 Å². The quantitative estimate of drug-likeness (QED) is 0.0444. The highest BCUT2D eigenvalue weighted by Gasteiger charge is 2.36. The van der Waals surface area contributed by atoms with Gasteiger partial charge in [0, 0.05) is 49.9 Å². The molecule has 0 aliphatic rings. The van der Waals surface area contributed by atoms with Gasteiger partial charge in [-0.15, -0.1) is 0 Å². The molecule has 0 atom stereocenters. The van der Waals surface area contributed by atoms with E-state index in [9.17, 15) is 89.8 Å². The molecule has 0 aliphatic carbocycles. The lowest BCUT2D eigenvalue weighted by molar-refractivity contribution is -0.138. The Morgan fingerprint density at radius 3 is 0.932 bits per heavy atom. The predicted octanol–water partition coefficient (Wildman–Crippen LogP) is 26.4. The van der Waals surface area contributed by atoms with Gasteiger partial charge < -0.3 is 35.4 Å². The summed E-state index contributed by atoms with van der Waals surface area (Å²) in [5.74, 6) is -0.332. The van der Waals surface area contributed by atoms with Crippen LogP contribution in [0.15, 0.2) is 350 Å². The molecular weight excluding hydrogens is 1970 g/mol. The molecule has 0 saturated heterocycles. The van der Waals surface area contributed by atoms with Gasteiger partial charge in [0.1, 0.15) is 18.9 Å². The number of nitrogens with zero attached hydrogens (tertiary/aromatic N) is 12. The van der Waals surface area contributed by atoms with Crippen LogP contribution in [0.1, 0.15) is 113 Å². The third-order valence-corrected chi connectivity index (χ3v) is 23.1. The van der Waals surface area contributed by atoms with Crippen LogP contribution in [-0.4, -0.2) is 88.4 Å². The zero-order valence-electron chi connectivity index (χ0n) is 75.5. The number of fused-ring (bicyclic) bond motifs is 5. The summed E-state index contributed by atoms with van der Waals surface area (Å²) in [5.41, 5.74) is 5.84. The summed E-state index contributed by atoms with van der Waals surface area (Å²) in [4.78, 5) is 69.9. The summed E-state index contributed by atoms with van der Waals surface area (Å²) in [6.07, 6.45) is -12.8. The van der Waals surface area contributed by atoms with E-state index in [0.717, 1.165) is 93.5 Å². The van der Waals surface area contributed by atoms with Crippen LogP contribution in [-0.2, 0) is 63.6 Å². The molecule has 20 aromatic rings. The average molecular weight is 2040 g/mol. The number of benzene rings is 12. The van der Waals surface area contributed by atoms with Gasteiger partial charge in [-0.3, -0.25) is 47.4 Å². The summed E-state index contributed by atoms with van der Waals surface area (Å²) in [6.45, 7) is 3.38. The minimum atomic E-state index is -4.61. The van der Waals surface area contributed by atoms with Gasteiger partial charge in [0.15, 0.2) is 29.1 Å². The van der Waals surface area contributed by atoms with Crippen molar-refractivity contribution in [1.29, 1.82) is 0 Å². The van der Waals surface area contributed by atoms with E-state index in [2.05, 4.69) is 81.1 Å². The number of aryl methyl sites for hydroxylation is 1. The summed E-state index contributed by atoms with van der Waals surface area (Å²) < 4.78 is 211. The van der Waals surface area contributed by atoms with Crippen LogP contribution in [0, 0.1) is 6.92 Å². The summed E-state index contributed by atoms with van der Waals surface area (Å²) in [7, 11) is 0. The Bertz CT molecular complexity index is 8050. The first-order chi connectivity index (χ1) is 69.8. The lowest BCUT2D eigenvalue weighted by atomic mass is 10.1. The second-order valence-corrected chi connectivity index (χ2v) is 33.3. The number of amides is 5. The molecule has 8 heterocycles. The topological polar surface area (TPSA) is 287 Å². The Labute approximate surface area is 826 Å². The number of furan rings is 2. The van der Waals surface area contributed by atoms with E-state index in [-0.39, 0.29) is 65.8 Å². The molecule has 0 radical (unpaired) electrons. The lowest BCUT2D eigenvalue weighted by Crippen LogP contribution is -2.13. The number of hydrogen-bond donors (Lipinski definition) is 5. The highest BCUT2D eigenvalue weighted by atomic mass is 35.5. The molecule has 8 aromatic heterocycles. The minimum absolute atomic E-state index is 0.00633. The fraction of sp³-hybridized carbons (Fsp3) is 0.105. The number of carbonyl (C=O) groups excluding carboxylic acids is 5. The molecule has 0 saturated carbocycles. The van der Waals surface area contributed by atoms with E-state index in [4.69, 9.17) is 32.0 Å². The normalized spacial score (nSPS) is 11.6. The fourth-order valence-electron chi connectivity index (χ4n) is 15.1. The van der Waals surface area contributed by atoms with Gasteiger partial charge in [0.2, 0.25) is 0 Å². The second kappa shape index (κ2) is 43.5. The molecule has 0 spiro atoms. The van der Waals surface area contributed by atoms with Crippen molar-refractivity contribution in [1.82, 2.24) is 58.9 Å². The van der Waals surface area contributed by atoms with Crippen LogP contribution >= 0.6 is 23.2 Å². The van der Waals surface area contributed by atoms with Gasteiger partial charge in [-0.1, -0.05) is 157 Å². The molecule has 12 aromatic carbocycles. The second-order valence-electron chi connectivity index (χ2n) is 32.4. The van der Waals surface area contributed by atoms with Crippen molar-refractivity contribution in [2.24, 2.45) is 0 Å². The maximum absolute atomic E-state index is 13.2. The Morgan fingerprint density at radius 2 is 0.589 bits per heavy atom. The first-order valence-electron chi connectivity index (χ1n) is 43.8. The molecule has 5 amide bonds. The molecule has 24 nitrogen and oxygen atoms in total. The molecule has 0 bridgehead atoms. The van der Waals surface area contributed by atoms with Crippen molar-refractivity contribution in [3.63, 3.8) is 0 Å². The number of hydrogen-bond acceptors (Lipinski definition) is 14. The molecule has 0 fully saturated rings. The van der Waals surface area contributed by atoms with Gasteiger partial charge in [0.05, 0.1) is 128 Å². The van der Waals surface area contributed by atoms with Gasteiger partial charge in [-0.2, -0.15) is 91.3 Å². The van der Waals surface area contributed by atoms with E-state index >= 15 is 0 Å². The number of halogens is 17. The minimum Gasteiger partial charge on any atom is -0.472 e. The highest BCUT2D eigenvalue weighted by molar-refractivity contribution is 6.34. The Morgan fingerprint density at radius 1 is 0.295 bits per heavy atom. The number of para-hydroxylation sites is 4. The van der Waals surface area contributed by atoms with E-state index in [1.165, 1.54) is 120 Å². The van der Waals surface area contributed by atoms with E-state index in [1.807, 2.05) is 114 Å². The largest absolute Gasteiger partial charge is 0.472 e. The summed E-state index contributed by atoms with van der Waals surface area (Å²) >= 11 is 12.0. The molecule has 740 valence electrons. The predicted molar refractivity (Wildman–Crippen MR) is 518 cm³/mol. The number of nitrogens with one attached hydrogen (secondary N) is 5. The number of rotatable bonds is 20. The van der Waals surface area contributed by atoms with E-state index in [0.29, 0.717) is 89.6 Å². The van der Waals surface area contributed by atoms with Crippen LogP contribution in [0.4, 0.5) is 94.9 Å². The van der Waals surface area contributed by atoms with Crippen LogP contribution in [0.25, 0.3) is 54.5 Å². The molecule has 41 heteroatoms. The number of aromatic nitrogens is 12. The van der Waals surface area contributed by atoms with Gasteiger partial charge in [-0.05, 0) is 204 Å². The molecule has 20 rings (SSSR count). The number of alkyl halides is 15. The number of carbonyl (C=O) groups is 5. The Balaban J connectivity index is 0.000000131. The van der Waals surface area contributed by atoms with Crippen molar-refractivity contribution in [2.45, 2.75) is 70.5 Å². The summed E-state index contributed by atoms with van der Waals surface area (Å²) in [5, 5.41) is 40.1. The van der Waals surface area contributed by atoms with Crippen LogP contribution < -0.4 is 26.6 Å². The monoisotopic (exact) mass is 2040 g/mol. The van der Waals surface area contributed by atoms with Crippen molar-refractivity contribution in [3.8, 4) is 0 Å². The SMILES string of the molecule is Cc1ccccc1Cn1nc(NC(=O)c2ccoc2)c2ccccc21.O=C(Nc1nn(Cc2ccc(C(F)(F)F)cc2)c2cc(C(F)(F)F)ccc12)c1ccoc1.O=C(Nc1nn(Cc2ccc(C(F)(F)F)cc2)c2ccccc12)c1ccc(Cl)cc1.O=C(Nc1nn(Cc2ccc(C(F)(F)F)cc2)c2ccccc12)c1ccccc1Cl.O=C(Nc1nn(Cc2ccc(C(F)(F)F)cc2)c2ccccc12)c1cncnc1. The van der Waals surface area contributed by atoms with Crippen molar-refractivity contribution in [2.75, 3.05) is 26.6 Å². The van der Waals surface area contributed by atoms with E-state index < -0.39 is 76.4 Å². The molecule has 0 unspecified atom stereocenters. The van der Waals surface area contributed by atoms with Gasteiger partial charge in [0.25, 0.3) is 29.5 Å². The van der Waals surface area contributed by atoms with Crippen molar-refractivity contribution >= 4 is 136 Å². The molecule has 146 heavy (non-hydrogen) atoms. The maximum Gasteiger partial charge on any atom is 0.416 e. The first kappa shape index (κ1) is 101. The van der Waals surface area contributed by atoms with E-state index in [1.54, 1.807) is 68.6 Å². The van der Waals surface area contributed by atoms with Crippen LogP contribution in [0.2, 0.25) is 10.0 Å². The molecular formula is C105H74Cl2F15N17O7. The smallest absolute Gasteiger partial charge is 0.416 e. The Hall–Kier alpha value is -17.5. The van der Waals surface area contributed by atoms with Crippen molar-refractivity contribution < 1.29 is 98.7 Å². The third-order valence-electron chi connectivity index (χ3n) is 22.5. The summed E-state index contributed by atoms with van der Waals surface area (Å²) in [6, 6.07) is 76.0. The van der Waals surface area contributed by atoms with Crippen molar-refractivity contribution in [3.05, 3.63) is 440 Å². The van der Waals surface area contributed by atoms with Crippen LogP contribution in [0.3, 0.4) is 0 Å². The fourth-order valence-corrected chi connectivity index (χ4v) is 15.5.